The number of halogens is 1. The minimum Gasteiger partial charge on any atom is -0.478 e. The first-order valence-electron chi connectivity index (χ1n) is 5.59. The lowest BCUT2D eigenvalue weighted by molar-refractivity contribution is 0.0697. The Morgan fingerprint density at radius 3 is 2.33 bits per heavy atom. The third-order valence-corrected chi connectivity index (χ3v) is 2.96. The molecule has 0 aromatic heterocycles. The molecule has 0 radical (unpaired) electrons. The number of rotatable bonds is 2. The second-order valence-corrected chi connectivity index (χ2v) is 4.29. The zero-order valence-electron chi connectivity index (χ0n) is 10.2. The summed E-state index contributed by atoms with van der Waals surface area (Å²) in [6.45, 7) is 3.72. The Kier molecular flexibility index (Phi) is 3.15. The van der Waals surface area contributed by atoms with Gasteiger partial charge in [-0.2, -0.15) is 0 Å². The van der Waals surface area contributed by atoms with Gasteiger partial charge in [-0.3, -0.25) is 0 Å². The average Bonchev–Trinajstić information content (AvgIpc) is 2.30. The van der Waals surface area contributed by atoms with Crippen molar-refractivity contribution in [3.05, 3.63) is 58.9 Å². The summed E-state index contributed by atoms with van der Waals surface area (Å²) in [4.78, 5) is 11.0. The third kappa shape index (κ3) is 2.25. The first-order chi connectivity index (χ1) is 8.49. The van der Waals surface area contributed by atoms with Crippen LogP contribution in [-0.2, 0) is 0 Å². The van der Waals surface area contributed by atoms with Gasteiger partial charge in [-0.05, 0) is 60.4 Å². The molecule has 0 aliphatic rings. The summed E-state index contributed by atoms with van der Waals surface area (Å²) in [5.41, 5.74) is 3.68. The van der Waals surface area contributed by atoms with E-state index in [4.69, 9.17) is 5.11 Å². The second kappa shape index (κ2) is 4.61. The van der Waals surface area contributed by atoms with Crippen LogP contribution in [-0.4, -0.2) is 11.1 Å². The van der Waals surface area contributed by atoms with E-state index in [-0.39, 0.29) is 11.4 Å². The van der Waals surface area contributed by atoms with E-state index in [1.807, 2.05) is 13.8 Å². The van der Waals surface area contributed by atoms with Crippen LogP contribution >= 0.6 is 0 Å². The number of aromatic carboxylic acids is 1. The first kappa shape index (κ1) is 12.3. The van der Waals surface area contributed by atoms with Crippen LogP contribution in [0.5, 0.6) is 0 Å². The smallest absolute Gasteiger partial charge is 0.335 e. The number of carboxylic acids is 1. The van der Waals surface area contributed by atoms with Crippen molar-refractivity contribution in [2.75, 3.05) is 0 Å². The van der Waals surface area contributed by atoms with Crippen molar-refractivity contribution >= 4 is 5.97 Å². The van der Waals surface area contributed by atoms with Gasteiger partial charge in [0.05, 0.1) is 5.56 Å². The molecule has 0 saturated heterocycles. The number of carbonyl (C=O) groups is 1. The predicted octanol–water partition coefficient (Wildman–Crippen LogP) is 3.81. The van der Waals surface area contributed by atoms with Crippen LogP contribution in [0.25, 0.3) is 11.1 Å². The molecular formula is C15H13FO2. The van der Waals surface area contributed by atoms with Gasteiger partial charge >= 0.3 is 5.97 Å². The highest BCUT2D eigenvalue weighted by molar-refractivity contribution is 5.90. The Morgan fingerprint density at radius 1 is 1.00 bits per heavy atom. The van der Waals surface area contributed by atoms with Crippen LogP contribution in [0.1, 0.15) is 21.5 Å². The monoisotopic (exact) mass is 244 g/mol. The largest absolute Gasteiger partial charge is 0.478 e. The summed E-state index contributed by atoms with van der Waals surface area (Å²) in [6.07, 6.45) is 0. The first-order valence-corrected chi connectivity index (χ1v) is 5.59. The van der Waals surface area contributed by atoms with E-state index in [0.29, 0.717) is 0 Å². The molecule has 18 heavy (non-hydrogen) atoms. The van der Waals surface area contributed by atoms with E-state index >= 15 is 0 Å². The summed E-state index contributed by atoms with van der Waals surface area (Å²) >= 11 is 0. The molecule has 0 saturated carbocycles. The quantitative estimate of drug-likeness (QED) is 0.872. The summed E-state index contributed by atoms with van der Waals surface area (Å²) in [6, 6.07) is 9.47. The Hall–Kier alpha value is -2.16. The summed E-state index contributed by atoms with van der Waals surface area (Å²) in [5, 5.41) is 9.00. The molecule has 2 rings (SSSR count). The Morgan fingerprint density at radius 2 is 1.72 bits per heavy atom. The van der Waals surface area contributed by atoms with Crippen LogP contribution in [0.4, 0.5) is 4.39 Å². The van der Waals surface area contributed by atoms with Crippen LogP contribution in [0.2, 0.25) is 0 Å². The fraction of sp³-hybridized carbons (Fsp3) is 0.133. The fourth-order valence-electron chi connectivity index (χ4n) is 1.97. The van der Waals surface area contributed by atoms with Gasteiger partial charge in [-0.15, -0.1) is 0 Å². The lowest BCUT2D eigenvalue weighted by Crippen LogP contribution is -1.98. The van der Waals surface area contributed by atoms with Crippen LogP contribution in [0, 0.1) is 19.7 Å². The van der Waals surface area contributed by atoms with E-state index in [0.717, 1.165) is 22.3 Å². The van der Waals surface area contributed by atoms with Crippen LogP contribution < -0.4 is 0 Å². The molecule has 1 N–H and O–H groups in total. The van der Waals surface area contributed by atoms with Crippen LogP contribution in [0.15, 0.2) is 36.4 Å². The maximum Gasteiger partial charge on any atom is 0.335 e. The van der Waals surface area contributed by atoms with E-state index in [1.165, 1.54) is 12.1 Å². The molecule has 0 spiro atoms. The maximum absolute atomic E-state index is 13.1. The van der Waals surface area contributed by atoms with E-state index in [9.17, 15) is 9.18 Å². The molecule has 0 atom stereocenters. The molecule has 0 aliphatic heterocycles. The highest BCUT2D eigenvalue weighted by Crippen LogP contribution is 2.28. The minimum absolute atomic E-state index is 0.235. The lowest BCUT2D eigenvalue weighted by atomic mass is 9.95. The van der Waals surface area contributed by atoms with Gasteiger partial charge < -0.3 is 5.11 Å². The molecular weight excluding hydrogens is 231 g/mol. The van der Waals surface area contributed by atoms with Gasteiger partial charge in [-0.1, -0.05) is 12.1 Å². The third-order valence-electron chi connectivity index (χ3n) is 2.96. The van der Waals surface area contributed by atoms with Crippen molar-refractivity contribution in [2.45, 2.75) is 13.8 Å². The van der Waals surface area contributed by atoms with Crippen molar-refractivity contribution in [1.29, 1.82) is 0 Å². The number of aryl methyl sites for hydroxylation is 2. The Bertz CT molecular complexity index is 618. The predicted molar refractivity (Wildman–Crippen MR) is 68.3 cm³/mol. The Balaban J connectivity index is 2.62. The van der Waals surface area contributed by atoms with E-state index in [1.54, 1.807) is 24.3 Å². The fourth-order valence-corrected chi connectivity index (χ4v) is 1.97. The molecule has 2 aromatic carbocycles. The van der Waals surface area contributed by atoms with Gasteiger partial charge in [-0.25, -0.2) is 9.18 Å². The highest BCUT2D eigenvalue weighted by atomic mass is 19.1. The van der Waals surface area contributed by atoms with E-state index < -0.39 is 5.97 Å². The van der Waals surface area contributed by atoms with Crippen molar-refractivity contribution in [1.82, 2.24) is 0 Å². The SMILES string of the molecule is Cc1cc(F)ccc1-c1cc(C(=O)O)ccc1C. The average molecular weight is 244 g/mol. The zero-order valence-corrected chi connectivity index (χ0v) is 10.2. The van der Waals surface area contributed by atoms with Gasteiger partial charge in [0.1, 0.15) is 5.82 Å². The van der Waals surface area contributed by atoms with E-state index in [2.05, 4.69) is 0 Å². The van der Waals surface area contributed by atoms with Crippen molar-refractivity contribution < 1.29 is 14.3 Å². The Labute approximate surface area is 105 Å². The van der Waals surface area contributed by atoms with Gasteiger partial charge in [0.2, 0.25) is 0 Å². The van der Waals surface area contributed by atoms with Gasteiger partial charge in [0.25, 0.3) is 0 Å². The molecule has 0 fully saturated rings. The number of carboxylic acid groups (broad SMARTS) is 1. The van der Waals surface area contributed by atoms with Crippen molar-refractivity contribution in [2.24, 2.45) is 0 Å². The zero-order chi connectivity index (χ0) is 13.3. The molecule has 2 nitrogen and oxygen atoms in total. The molecule has 0 amide bonds. The molecule has 2 aromatic rings. The maximum atomic E-state index is 13.1. The molecule has 0 bridgehead atoms. The van der Waals surface area contributed by atoms with Gasteiger partial charge in [0, 0.05) is 0 Å². The number of hydrogen-bond donors (Lipinski definition) is 1. The number of benzene rings is 2. The number of hydrogen-bond acceptors (Lipinski definition) is 1. The summed E-state index contributed by atoms with van der Waals surface area (Å²) in [5.74, 6) is -1.25. The molecule has 0 heterocycles. The molecule has 0 aliphatic carbocycles. The lowest BCUT2D eigenvalue weighted by Gasteiger charge is -2.10. The molecule has 92 valence electrons. The summed E-state index contributed by atoms with van der Waals surface area (Å²) < 4.78 is 13.1. The van der Waals surface area contributed by atoms with Gasteiger partial charge in [0.15, 0.2) is 0 Å². The van der Waals surface area contributed by atoms with Crippen LogP contribution in [0.3, 0.4) is 0 Å². The molecule has 0 unspecified atom stereocenters. The second-order valence-electron chi connectivity index (χ2n) is 4.29. The standard InChI is InChI=1S/C15H13FO2/c1-9-3-4-11(15(17)18)8-14(9)13-6-5-12(16)7-10(13)2/h3-8H,1-2H3,(H,17,18). The summed E-state index contributed by atoms with van der Waals surface area (Å²) in [7, 11) is 0. The topological polar surface area (TPSA) is 37.3 Å². The normalized spacial score (nSPS) is 10.4. The highest BCUT2D eigenvalue weighted by Gasteiger charge is 2.10. The van der Waals surface area contributed by atoms with Crippen molar-refractivity contribution in [3.63, 3.8) is 0 Å². The van der Waals surface area contributed by atoms with Crippen molar-refractivity contribution in [3.8, 4) is 11.1 Å². The minimum atomic E-state index is -0.962. The molecule has 3 heteroatoms.